The number of carbonyl (C=O) groups is 3. The number of fused-ring (bicyclic) bond motifs is 3. The lowest BCUT2D eigenvalue weighted by Crippen LogP contribution is -2.28. The van der Waals surface area contributed by atoms with E-state index >= 15 is 0 Å². The van der Waals surface area contributed by atoms with Crippen LogP contribution >= 0.6 is 11.3 Å². The quantitative estimate of drug-likeness (QED) is 0.348. The number of aliphatic carboxylic acids is 1. The Morgan fingerprint density at radius 1 is 0.971 bits per heavy atom. The lowest BCUT2D eigenvalue weighted by molar-refractivity contribution is -0.138. The Kier molecular flexibility index (Phi) is 8.07. The molecule has 10 heteroatoms. The Morgan fingerprint density at radius 3 is 2.34 bits per heavy atom. The monoisotopic (exact) mass is 495 g/mol. The zero-order valence-corrected chi connectivity index (χ0v) is 19.7. The van der Waals surface area contributed by atoms with E-state index in [9.17, 15) is 14.4 Å². The number of carbonyl (C=O) groups excluding carboxylic acids is 2. The number of benzene rings is 2. The molecule has 1 aliphatic rings. The van der Waals surface area contributed by atoms with Crippen LogP contribution in [0.1, 0.15) is 39.0 Å². The van der Waals surface area contributed by atoms with Crippen LogP contribution in [0.15, 0.2) is 53.9 Å². The summed E-state index contributed by atoms with van der Waals surface area (Å²) in [6, 6.07) is 16.3. The normalized spacial score (nSPS) is 12.0. The average Bonchev–Trinajstić information content (AvgIpc) is 3.46. The highest BCUT2D eigenvalue weighted by Gasteiger charge is 2.29. The van der Waals surface area contributed by atoms with Crippen molar-refractivity contribution in [1.29, 1.82) is 0 Å². The van der Waals surface area contributed by atoms with E-state index in [-0.39, 0.29) is 56.8 Å². The Morgan fingerprint density at radius 2 is 1.66 bits per heavy atom. The van der Waals surface area contributed by atoms with Crippen LogP contribution in [-0.2, 0) is 20.8 Å². The van der Waals surface area contributed by atoms with E-state index in [1.165, 1.54) is 11.3 Å². The molecular weight excluding hydrogens is 470 g/mol. The van der Waals surface area contributed by atoms with Gasteiger partial charge >= 0.3 is 12.1 Å². The molecule has 4 rings (SSSR count). The highest BCUT2D eigenvalue weighted by molar-refractivity contribution is 7.09. The number of carboxylic acids is 1. The molecule has 1 aliphatic carbocycles. The zero-order valence-electron chi connectivity index (χ0n) is 18.9. The van der Waals surface area contributed by atoms with Gasteiger partial charge in [0, 0.05) is 17.8 Å². The van der Waals surface area contributed by atoms with Crippen LogP contribution in [0.3, 0.4) is 0 Å². The van der Waals surface area contributed by atoms with E-state index in [1.807, 2.05) is 24.3 Å². The number of alkyl carbamates (subject to hydrolysis) is 1. The maximum Gasteiger partial charge on any atom is 0.407 e. The first-order valence-corrected chi connectivity index (χ1v) is 12.0. The summed E-state index contributed by atoms with van der Waals surface area (Å²) in [5, 5.41) is 16.1. The van der Waals surface area contributed by atoms with Gasteiger partial charge in [-0.2, -0.15) is 0 Å². The predicted molar refractivity (Wildman–Crippen MR) is 129 cm³/mol. The van der Waals surface area contributed by atoms with Crippen molar-refractivity contribution in [1.82, 2.24) is 15.6 Å². The highest BCUT2D eigenvalue weighted by Crippen LogP contribution is 2.44. The first-order chi connectivity index (χ1) is 17.0. The first-order valence-electron chi connectivity index (χ1n) is 11.1. The number of hydrogen-bond donors (Lipinski definition) is 3. The molecule has 3 aromatic rings. The summed E-state index contributed by atoms with van der Waals surface area (Å²) in [7, 11) is 0. The number of carboxylic acid groups (broad SMARTS) is 1. The van der Waals surface area contributed by atoms with Gasteiger partial charge in [-0.05, 0) is 22.3 Å². The van der Waals surface area contributed by atoms with Gasteiger partial charge in [0.15, 0.2) is 0 Å². The summed E-state index contributed by atoms with van der Waals surface area (Å²) in [6.45, 7) is 0.906. The molecule has 3 N–H and O–H groups in total. The van der Waals surface area contributed by atoms with Crippen molar-refractivity contribution in [3.63, 3.8) is 0 Å². The van der Waals surface area contributed by atoms with Crippen LogP contribution in [0, 0.1) is 0 Å². The molecule has 182 valence electrons. The third-order valence-electron chi connectivity index (χ3n) is 5.50. The molecule has 2 amide bonds. The molecule has 0 atom stereocenters. The van der Waals surface area contributed by atoms with Crippen molar-refractivity contribution in [2.45, 2.75) is 18.9 Å². The van der Waals surface area contributed by atoms with Crippen LogP contribution in [0.25, 0.3) is 11.1 Å². The van der Waals surface area contributed by atoms with Gasteiger partial charge in [0.25, 0.3) is 5.91 Å². The number of ether oxygens (including phenoxy) is 2. The van der Waals surface area contributed by atoms with Crippen molar-refractivity contribution in [3.8, 4) is 11.1 Å². The Hall–Kier alpha value is -3.76. The third-order valence-corrected chi connectivity index (χ3v) is 6.35. The van der Waals surface area contributed by atoms with Crippen LogP contribution in [0.4, 0.5) is 4.79 Å². The van der Waals surface area contributed by atoms with E-state index < -0.39 is 12.1 Å². The third kappa shape index (κ3) is 6.23. The summed E-state index contributed by atoms with van der Waals surface area (Å²) < 4.78 is 10.6. The molecule has 0 unspecified atom stereocenters. The molecule has 0 saturated heterocycles. The van der Waals surface area contributed by atoms with Gasteiger partial charge in [-0.15, -0.1) is 11.3 Å². The van der Waals surface area contributed by atoms with Gasteiger partial charge in [-0.25, -0.2) is 9.78 Å². The average molecular weight is 496 g/mol. The molecule has 2 aromatic carbocycles. The Bertz CT molecular complexity index is 1170. The number of rotatable bonds is 11. The van der Waals surface area contributed by atoms with Crippen molar-refractivity contribution in [2.75, 3.05) is 26.4 Å². The summed E-state index contributed by atoms with van der Waals surface area (Å²) in [5.74, 6) is -1.32. The van der Waals surface area contributed by atoms with Gasteiger partial charge in [0.2, 0.25) is 0 Å². The number of amides is 2. The molecule has 0 aliphatic heterocycles. The van der Waals surface area contributed by atoms with Crippen LogP contribution in [-0.4, -0.2) is 54.4 Å². The number of nitrogens with zero attached hydrogens (tertiary/aromatic N) is 1. The smallest absolute Gasteiger partial charge is 0.407 e. The second kappa shape index (κ2) is 11.6. The Balaban J connectivity index is 1.21. The fraction of sp³-hybridized carbons (Fsp3) is 0.280. The van der Waals surface area contributed by atoms with Crippen molar-refractivity contribution in [2.24, 2.45) is 0 Å². The van der Waals surface area contributed by atoms with Gasteiger partial charge in [-0.1, -0.05) is 48.5 Å². The molecule has 9 nitrogen and oxygen atoms in total. The van der Waals surface area contributed by atoms with E-state index in [0.717, 1.165) is 22.3 Å². The Labute approximate surface area is 206 Å². The fourth-order valence-corrected chi connectivity index (χ4v) is 4.60. The molecular formula is C25H25N3O6S. The van der Waals surface area contributed by atoms with Crippen LogP contribution < -0.4 is 10.6 Å². The van der Waals surface area contributed by atoms with E-state index in [0.29, 0.717) is 5.01 Å². The summed E-state index contributed by atoms with van der Waals surface area (Å²) in [5.41, 5.74) is 4.86. The largest absolute Gasteiger partial charge is 0.481 e. The minimum absolute atomic E-state index is 0.0172. The lowest BCUT2D eigenvalue weighted by Gasteiger charge is -2.14. The van der Waals surface area contributed by atoms with Crippen LogP contribution in [0.5, 0.6) is 0 Å². The second-order valence-corrected chi connectivity index (χ2v) is 8.76. The second-order valence-electron chi connectivity index (χ2n) is 7.82. The first kappa shape index (κ1) is 24.4. The molecule has 0 fully saturated rings. The molecule has 1 aromatic heterocycles. The molecule has 35 heavy (non-hydrogen) atoms. The van der Waals surface area contributed by atoms with E-state index in [1.54, 1.807) is 5.38 Å². The van der Waals surface area contributed by atoms with Gasteiger partial charge in [0.1, 0.15) is 17.3 Å². The van der Waals surface area contributed by atoms with Crippen molar-refractivity contribution >= 4 is 29.3 Å². The highest BCUT2D eigenvalue weighted by atomic mass is 32.1. The minimum Gasteiger partial charge on any atom is -0.481 e. The molecule has 0 spiro atoms. The zero-order chi connectivity index (χ0) is 24.6. The number of thiazole rings is 1. The number of aromatic nitrogens is 1. The molecule has 0 bridgehead atoms. The minimum atomic E-state index is -0.935. The van der Waals surface area contributed by atoms with E-state index in [2.05, 4.69) is 39.9 Å². The molecule has 0 saturated carbocycles. The van der Waals surface area contributed by atoms with Gasteiger partial charge in [-0.3, -0.25) is 9.59 Å². The maximum atomic E-state index is 12.3. The van der Waals surface area contributed by atoms with Gasteiger partial charge in [0.05, 0.1) is 26.2 Å². The van der Waals surface area contributed by atoms with E-state index in [4.69, 9.17) is 14.6 Å². The maximum absolute atomic E-state index is 12.3. The van der Waals surface area contributed by atoms with Gasteiger partial charge < -0.3 is 25.2 Å². The number of nitrogens with one attached hydrogen (secondary N) is 2. The summed E-state index contributed by atoms with van der Waals surface area (Å²) >= 11 is 1.26. The van der Waals surface area contributed by atoms with Crippen molar-refractivity contribution < 1.29 is 29.0 Å². The topological polar surface area (TPSA) is 127 Å². The standard InChI is InChI=1S/C25H25N3O6S/c29-23(30)9-11-33-12-10-26-24(31)21-15-35-22(28-21)13-27-25(32)34-14-20-18-7-3-1-5-16(18)17-6-2-4-8-19(17)20/h1-8,15,20H,9-14H2,(H,26,31)(H,27,32)(H,29,30). The summed E-state index contributed by atoms with van der Waals surface area (Å²) in [4.78, 5) is 39.1. The van der Waals surface area contributed by atoms with Crippen molar-refractivity contribution in [3.05, 3.63) is 75.7 Å². The number of hydrogen-bond acceptors (Lipinski definition) is 7. The molecule has 0 radical (unpaired) electrons. The summed E-state index contributed by atoms with van der Waals surface area (Å²) in [6.07, 6.45) is -0.633. The molecule has 1 heterocycles. The fourth-order valence-electron chi connectivity index (χ4n) is 3.88. The lowest BCUT2D eigenvalue weighted by atomic mass is 9.98. The predicted octanol–water partition coefficient (Wildman–Crippen LogP) is 3.40. The van der Waals surface area contributed by atoms with Crippen LogP contribution in [0.2, 0.25) is 0 Å². The SMILES string of the molecule is O=C(O)CCOCCNC(=O)c1csc(CNC(=O)OCC2c3ccccc3-c3ccccc32)n1.